The zero-order valence-corrected chi connectivity index (χ0v) is 11.0. The molecule has 0 heterocycles. The molecule has 1 rings (SSSR count). The SMILES string of the molecule is CCC(CC)Oc1ccc(OC)cc1Br. The highest BCUT2D eigenvalue weighted by atomic mass is 79.9. The van der Waals surface area contributed by atoms with Gasteiger partial charge >= 0.3 is 0 Å². The molecule has 84 valence electrons. The number of benzene rings is 1. The fraction of sp³-hybridized carbons (Fsp3) is 0.500. The first-order valence-electron chi connectivity index (χ1n) is 5.21. The summed E-state index contributed by atoms with van der Waals surface area (Å²) in [5.41, 5.74) is 0. The van der Waals surface area contributed by atoms with E-state index in [0.29, 0.717) is 0 Å². The minimum absolute atomic E-state index is 0.287. The smallest absolute Gasteiger partial charge is 0.134 e. The summed E-state index contributed by atoms with van der Waals surface area (Å²) in [4.78, 5) is 0. The van der Waals surface area contributed by atoms with Crippen molar-refractivity contribution in [1.29, 1.82) is 0 Å². The van der Waals surface area contributed by atoms with Crippen molar-refractivity contribution < 1.29 is 9.47 Å². The van der Waals surface area contributed by atoms with Crippen LogP contribution in [0.25, 0.3) is 0 Å². The van der Waals surface area contributed by atoms with Crippen LogP contribution in [0.1, 0.15) is 26.7 Å². The van der Waals surface area contributed by atoms with Crippen molar-refractivity contribution in [2.24, 2.45) is 0 Å². The molecule has 0 saturated heterocycles. The van der Waals surface area contributed by atoms with Crippen molar-refractivity contribution >= 4 is 15.9 Å². The third kappa shape index (κ3) is 3.42. The third-order valence-corrected chi connectivity index (χ3v) is 2.96. The van der Waals surface area contributed by atoms with Crippen LogP contribution in [-0.4, -0.2) is 13.2 Å². The molecule has 0 aromatic heterocycles. The number of rotatable bonds is 5. The fourth-order valence-corrected chi connectivity index (χ4v) is 1.79. The van der Waals surface area contributed by atoms with Gasteiger partial charge in [0.05, 0.1) is 17.7 Å². The van der Waals surface area contributed by atoms with Crippen LogP contribution in [-0.2, 0) is 0 Å². The van der Waals surface area contributed by atoms with Crippen molar-refractivity contribution in [3.05, 3.63) is 22.7 Å². The molecule has 0 aliphatic rings. The molecule has 0 amide bonds. The van der Waals surface area contributed by atoms with E-state index in [9.17, 15) is 0 Å². The normalized spacial score (nSPS) is 10.5. The first kappa shape index (κ1) is 12.4. The van der Waals surface area contributed by atoms with Crippen molar-refractivity contribution in [1.82, 2.24) is 0 Å². The van der Waals surface area contributed by atoms with E-state index in [1.807, 2.05) is 18.2 Å². The van der Waals surface area contributed by atoms with Gasteiger partial charge in [0.15, 0.2) is 0 Å². The van der Waals surface area contributed by atoms with Crippen molar-refractivity contribution in [3.63, 3.8) is 0 Å². The molecule has 0 spiro atoms. The maximum absolute atomic E-state index is 5.84. The molecule has 0 N–H and O–H groups in total. The van der Waals surface area contributed by atoms with Crippen molar-refractivity contribution in [3.8, 4) is 11.5 Å². The molecular formula is C12H17BrO2. The van der Waals surface area contributed by atoms with E-state index in [0.717, 1.165) is 28.8 Å². The largest absolute Gasteiger partial charge is 0.497 e. The Bertz CT molecular complexity index is 308. The summed E-state index contributed by atoms with van der Waals surface area (Å²) < 4.78 is 11.9. The Morgan fingerprint density at radius 2 is 1.93 bits per heavy atom. The second kappa shape index (κ2) is 6.01. The molecular weight excluding hydrogens is 256 g/mol. The van der Waals surface area contributed by atoms with Gasteiger partial charge in [0.1, 0.15) is 11.5 Å². The first-order chi connectivity index (χ1) is 7.21. The van der Waals surface area contributed by atoms with Crippen LogP contribution in [0.5, 0.6) is 11.5 Å². The summed E-state index contributed by atoms with van der Waals surface area (Å²) in [6, 6.07) is 5.75. The predicted octanol–water partition coefficient (Wildman–Crippen LogP) is 4.03. The Hall–Kier alpha value is -0.700. The summed E-state index contributed by atoms with van der Waals surface area (Å²) >= 11 is 3.47. The lowest BCUT2D eigenvalue weighted by Crippen LogP contribution is -2.13. The molecule has 0 atom stereocenters. The molecule has 3 heteroatoms. The summed E-state index contributed by atoms with van der Waals surface area (Å²) in [5, 5.41) is 0. The first-order valence-corrected chi connectivity index (χ1v) is 6.00. The van der Waals surface area contributed by atoms with Crippen molar-refractivity contribution in [2.45, 2.75) is 32.8 Å². The molecule has 2 nitrogen and oxygen atoms in total. The van der Waals surface area contributed by atoms with E-state index < -0.39 is 0 Å². The monoisotopic (exact) mass is 272 g/mol. The van der Waals surface area contributed by atoms with Gasteiger partial charge in [-0.15, -0.1) is 0 Å². The highest BCUT2D eigenvalue weighted by Gasteiger charge is 2.08. The molecule has 0 unspecified atom stereocenters. The Labute approximate surface area is 99.7 Å². The Morgan fingerprint density at radius 1 is 1.27 bits per heavy atom. The number of halogens is 1. The lowest BCUT2D eigenvalue weighted by atomic mass is 10.2. The third-order valence-electron chi connectivity index (χ3n) is 2.34. The van der Waals surface area contributed by atoms with E-state index in [2.05, 4.69) is 29.8 Å². The minimum atomic E-state index is 0.287. The van der Waals surface area contributed by atoms with Crippen LogP contribution < -0.4 is 9.47 Å². The van der Waals surface area contributed by atoms with E-state index >= 15 is 0 Å². The molecule has 0 saturated carbocycles. The molecule has 0 bridgehead atoms. The lowest BCUT2D eigenvalue weighted by molar-refractivity contribution is 0.191. The summed E-state index contributed by atoms with van der Waals surface area (Å²) in [6.45, 7) is 4.26. The second-order valence-corrected chi connectivity index (χ2v) is 4.21. The number of hydrogen-bond acceptors (Lipinski definition) is 2. The van der Waals surface area contributed by atoms with Gasteiger partial charge in [-0.25, -0.2) is 0 Å². The summed E-state index contributed by atoms with van der Waals surface area (Å²) in [6.07, 6.45) is 2.33. The van der Waals surface area contributed by atoms with Gasteiger partial charge in [-0.05, 0) is 47.0 Å². The minimum Gasteiger partial charge on any atom is -0.497 e. The van der Waals surface area contributed by atoms with E-state index in [4.69, 9.17) is 9.47 Å². The molecule has 1 aromatic rings. The highest BCUT2D eigenvalue weighted by Crippen LogP contribution is 2.30. The number of hydrogen-bond donors (Lipinski definition) is 0. The summed E-state index contributed by atoms with van der Waals surface area (Å²) in [5.74, 6) is 1.71. The summed E-state index contributed by atoms with van der Waals surface area (Å²) in [7, 11) is 1.66. The molecule has 15 heavy (non-hydrogen) atoms. The highest BCUT2D eigenvalue weighted by molar-refractivity contribution is 9.10. The average molecular weight is 273 g/mol. The predicted molar refractivity (Wildman–Crippen MR) is 65.7 cm³/mol. The van der Waals surface area contributed by atoms with E-state index in [-0.39, 0.29) is 6.10 Å². The zero-order chi connectivity index (χ0) is 11.3. The van der Waals surface area contributed by atoms with Crippen LogP contribution in [0.4, 0.5) is 0 Å². The van der Waals surface area contributed by atoms with Gasteiger partial charge in [-0.3, -0.25) is 0 Å². The van der Waals surface area contributed by atoms with Gasteiger partial charge in [-0.1, -0.05) is 13.8 Å². The van der Waals surface area contributed by atoms with Crippen LogP contribution in [0.2, 0.25) is 0 Å². The van der Waals surface area contributed by atoms with E-state index in [1.54, 1.807) is 7.11 Å². The van der Waals surface area contributed by atoms with Gasteiger partial charge in [0.25, 0.3) is 0 Å². The molecule has 0 fully saturated rings. The van der Waals surface area contributed by atoms with Gasteiger partial charge in [0, 0.05) is 0 Å². The maximum atomic E-state index is 5.84. The van der Waals surface area contributed by atoms with Gasteiger partial charge in [-0.2, -0.15) is 0 Å². The Balaban J connectivity index is 2.77. The quantitative estimate of drug-likeness (QED) is 0.806. The zero-order valence-electron chi connectivity index (χ0n) is 9.42. The van der Waals surface area contributed by atoms with Crippen molar-refractivity contribution in [2.75, 3.05) is 7.11 Å². The molecule has 1 aromatic carbocycles. The number of methoxy groups -OCH3 is 1. The average Bonchev–Trinajstić information content (AvgIpc) is 2.27. The number of ether oxygens (including phenoxy) is 2. The fourth-order valence-electron chi connectivity index (χ4n) is 1.34. The Kier molecular flexibility index (Phi) is 4.95. The molecule has 0 aliphatic carbocycles. The topological polar surface area (TPSA) is 18.5 Å². The molecule has 0 aliphatic heterocycles. The van der Waals surface area contributed by atoms with Gasteiger partial charge < -0.3 is 9.47 Å². The Morgan fingerprint density at radius 3 is 2.40 bits per heavy atom. The standard InChI is InChI=1S/C12H17BrO2/c1-4-9(5-2)15-12-7-6-10(14-3)8-11(12)13/h6-9H,4-5H2,1-3H3. The van der Waals surface area contributed by atoms with Crippen LogP contribution >= 0.6 is 15.9 Å². The second-order valence-electron chi connectivity index (χ2n) is 3.35. The lowest BCUT2D eigenvalue weighted by Gasteiger charge is -2.17. The molecule has 0 radical (unpaired) electrons. The van der Waals surface area contributed by atoms with Crippen LogP contribution in [0.3, 0.4) is 0 Å². The van der Waals surface area contributed by atoms with Crippen LogP contribution in [0, 0.1) is 0 Å². The van der Waals surface area contributed by atoms with E-state index in [1.165, 1.54) is 0 Å². The van der Waals surface area contributed by atoms with Crippen LogP contribution in [0.15, 0.2) is 22.7 Å². The maximum Gasteiger partial charge on any atom is 0.134 e. The van der Waals surface area contributed by atoms with Gasteiger partial charge in [0.2, 0.25) is 0 Å².